The Balaban J connectivity index is 1.37. The summed E-state index contributed by atoms with van der Waals surface area (Å²) in [6.07, 6.45) is 9.86. The Kier molecular flexibility index (Phi) is 6.62. The van der Waals surface area contributed by atoms with E-state index in [2.05, 4.69) is 20.6 Å². The summed E-state index contributed by atoms with van der Waals surface area (Å²) in [5, 5.41) is 14.1. The van der Waals surface area contributed by atoms with E-state index in [4.69, 9.17) is 19.2 Å². The van der Waals surface area contributed by atoms with Crippen LogP contribution in [0, 0.1) is 0 Å². The first-order chi connectivity index (χ1) is 17.9. The SMILES string of the molecule is COC(=O)C1=CCC(C)(n2cc(-c3csc4cnc(NCc5ccc(OC)cc5OC)nc34)nn2)C=C1. The fraction of sp³-hybridized carbons (Fsp3) is 0.269. The quantitative estimate of drug-likeness (QED) is 0.340. The van der Waals surface area contributed by atoms with Gasteiger partial charge in [-0.2, -0.15) is 0 Å². The number of benzene rings is 1. The molecule has 0 aliphatic heterocycles. The van der Waals surface area contributed by atoms with Gasteiger partial charge in [-0.15, -0.1) is 16.4 Å². The molecule has 0 radical (unpaired) electrons. The number of carbonyl (C=O) groups is 1. The summed E-state index contributed by atoms with van der Waals surface area (Å²) >= 11 is 1.55. The number of carbonyl (C=O) groups excluding carboxylic acids is 1. The first kappa shape index (κ1) is 24.4. The zero-order valence-corrected chi connectivity index (χ0v) is 21.7. The molecular weight excluding hydrogens is 492 g/mol. The van der Waals surface area contributed by atoms with Crippen molar-refractivity contribution in [2.75, 3.05) is 26.6 Å². The predicted molar refractivity (Wildman–Crippen MR) is 141 cm³/mol. The van der Waals surface area contributed by atoms with Crippen LogP contribution in [0.5, 0.6) is 11.5 Å². The van der Waals surface area contributed by atoms with Crippen LogP contribution < -0.4 is 14.8 Å². The van der Waals surface area contributed by atoms with E-state index in [9.17, 15) is 4.79 Å². The van der Waals surface area contributed by atoms with Crippen LogP contribution in [0.2, 0.25) is 0 Å². The van der Waals surface area contributed by atoms with Gasteiger partial charge in [0.2, 0.25) is 5.95 Å². The monoisotopic (exact) mass is 518 g/mol. The highest BCUT2D eigenvalue weighted by molar-refractivity contribution is 7.17. The summed E-state index contributed by atoms with van der Waals surface area (Å²) in [4.78, 5) is 21.0. The molecule has 1 aliphatic carbocycles. The normalized spacial score (nSPS) is 16.9. The van der Waals surface area contributed by atoms with Gasteiger partial charge in [0.25, 0.3) is 0 Å². The summed E-state index contributed by atoms with van der Waals surface area (Å²) in [6, 6.07) is 5.68. The molecule has 1 aliphatic rings. The van der Waals surface area contributed by atoms with E-state index in [0.29, 0.717) is 30.2 Å². The fourth-order valence-electron chi connectivity index (χ4n) is 4.07. The number of thiophene rings is 1. The zero-order chi connectivity index (χ0) is 26.0. The van der Waals surface area contributed by atoms with Crippen LogP contribution in [-0.2, 0) is 21.6 Å². The summed E-state index contributed by atoms with van der Waals surface area (Å²) in [7, 11) is 4.63. The number of aromatic nitrogens is 5. The summed E-state index contributed by atoms with van der Waals surface area (Å²) < 4.78 is 18.3. The molecule has 5 rings (SSSR count). The molecule has 0 saturated heterocycles. The number of rotatable bonds is 8. The van der Waals surface area contributed by atoms with Gasteiger partial charge in [-0.1, -0.05) is 17.4 Å². The third-order valence-corrected chi connectivity index (χ3v) is 7.22. The average Bonchev–Trinajstić information content (AvgIpc) is 3.59. The minimum absolute atomic E-state index is 0.350. The van der Waals surface area contributed by atoms with E-state index in [1.807, 2.05) is 53.5 Å². The van der Waals surface area contributed by atoms with Gasteiger partial charge in [0.05, 0.1) is 55.1 Å². The molecule has 10 nitrogen and oxygen atoms in total. The highest BCUT2D eigenvalue weighted by Crippen LogP contribution is 2.34. The topological polar surface area (TPSA) is 113 Å². The molecule has 190 valence electrons. The maximum atomic E-state index is 11.8. The van der Waals surface area contributed by atoms with Crippen molar-refractivity contribution in [3.8, 4) is 22.8 Å². The van der Waals surface area contributed by atoms with Crippen molar-refractivity contribution in [2.45, 2.75) is 25.4 Å². The van der Waals surface area contributed by atoms with E-state index in [1.54, 1.807) is 37.8 Å². The van der Waals surface area contributed by atoms with E-state index >= 15 is 0 Å². The van der Waals surface area contributed by atoms with Gasteiger partial charge in [0.1, 0.15) is 17.2 Å². The highest BCUT2D eigenvalue weighted by Gasteiger charge is 2.28. The van der Waals surface area contributed by atoms with Crippen LogP contribution in [0.3, 0.4) is 0 Å². The Bertz CT molecular complexity index is 1520. The molecule has 0 amide bonds. The largest absolute Gasteiger partial charge is 0.497 e. The highest BCUT2D eigenvalue weighted by atomic mass is 32.1. The first-order valence-corrected chi connectivity index (χ1v) is 12.4. The number of esters is 1. The third-order valence-electron chi connectivity index (χ3n) is 6.32. The van der Waals surface area contributed by atoms with Gasteiger partial charge in [0, 0.05) is 29.1 Å². The van der Waals surface area contributed by atoms with Gasteiger partial charge in [-0.25, -0.2) is 19.4 Å². The second-order valence-corrected chi connectivity index (χ2v) is 9.59. The van der Waals surface area contributed by atoms with Crippen molar-refractivity contribution in [3.63, 3.8) is 0 Å². The molecule has 1 unspecified atom stereocenters. The van der Waals surface area contributed by atoms with Crippen LogP contribution in [-0.4, -0.2) is 52.3 Å². The third kappa shape index (κ3) is 4.77. The van der Waals surface area contributed by atoms with Crippen molar-refractivity contribution in [1.82, 2.24) is 25.0 Å². The molecule has 1 aromatic carbocycles. The number of hydrogen-bond donors (Lipinski definition) is 1. The standard InChI is InChI=1S/C26H26N6O4S/c1-26(9-7-16(8-10-26)24(33)36-4)32-14-20(30-31-32)19-15-37-22-13-28-25(29-23(19)22)27-12-17-5-6-18(34-2)11-21(17)35-3/h5-9,11,13-15H,10,12H2,1-4H3,(H,27,28,29). The molecular formula is C26H26N6O4S. The molecule has 0 fully saturated rings. The van der Waals surface area contributed by atoms with Gasteiger partial charge in [0.15, 0.2) is 0 Å². The van der Waals surface area contributed by atoms with E-state index in [0.717, 1.165) is 32.8 Å². The first-order valence-electron chi connectivity index (χ1n) is 11.5. The van der Waals surface area contributed by atoms with Crippen LogP contribution in [0.1, 0.15) is 18.9 Å². The number of anilines is 1. The molecule has 3 heterocycles. The number of nitrogens with one attached hydrogen (secondary N) is 1. The molecule has 11 heteroatoms. The van der Waals surface area contributed by atoms with Crippen LogP contribution in [0.4, 0.5) is 5.95 Å². The number of ether oxygens (including phenoxy) is 3. The van der Waals surface area contributed by atoms with E-state index in [-0.39, 0.29) is 5.97 Å². The molecule has 4 aromatic rings. The number of allylic oxidation sites excluding steroid dienone is 2. The van der Waals surface area contributed by atoms with E-state index in [1.165, 1.54) is 7.11 Å². The second-order valence-electron chi connectivity index (χ2n) is 8.68. The molecule has 0 bridgehead atoms. The maximum absolute atomic E-state index is 11.8. The molecule has 1 atom stereocenters. The zero-order valence-electron chi connectivity index (χ0n) is 20.9. The molecule has 1 N–H and O–H groups in total. The molecule has 0 spiro atoms. The van der Waals surface area contributed by atoms with Gasteiger partial charge in [-0.3, -0.25) is 0 Å². The second kappa shape index (κ2) is 10.0. The van der Waals surface area contributed by atoms with Crippen molar-refractivity contribution < 1.29 is 19.0 Å². The maximum Gasteiger partial charge on any atom is 0.337 e. The minimum Gasteiger partial charge on any atom is -0.497 e. The Morgan fingerprint density at radius 1 is 1.24 bits per heavy atom. The van der Waals surface area contributed by atoms with Crippen molar-refractivity contribution >= 4 is 33.5 Å². The van der Waals surface area contributed by atoms with Crippen LogP contribution in [0.25, 0.3) is 21.5 Å². The van der Waals surface area contributed by atoms with Crippen LogP contribution >= 0.6 is 11.3 Å². The molecule has 3 aromatic heterocycles. The van der Waals surface area contributed by atoms with Crippen molar-refractivity contribution in [3.05, 3.63) is 65.3 Å². The smallest absolute Gasteiger partial charge is 0.337 e. The van der Waals surface area contributed by atoms with Gasteiger partial charge < -0.3 is 19.5 Å². The lowest BCUT2D eigenvalue weighted by Crippen LogP contribution is -2.30. The van der Waals surface area contributed by atoms with Crippen molar-refractivity contribution in [1.29, 1.82) is 0 Å². The summed E-state index contributed by atoms with van der Waals surface area (Å²) in [5.41, 5.74) is 3.44. The lowest BCUT2D eigenvalue weighted by atomic mass is 9.90. The van der Waals surface area contributed by atoms with Gasteiger partial charge >= 0.3 is 5.97 Å². The predicted octanol–water partition coefficient (Wildman–Crippen LogP) is 4.35. The lowest BCUT2D eigenvalue weighted by molar-refractivity contribution is -0.135. The summed E-state index contributed by atoms with van der Waals surface area (Å²) in [5.74, 6) is 1.60. The van der Waals surface area contributed by atoms with Crippen molar-refractivity contribution in [2.24, 2.45) is 0 Å². The Labute approximate surface area is 217 Å². The Morgan fingerprint density at radius 2 is 2.11 bits per heavy atom. The molecule has 37 heavy (non-hydrogen) atoms. The van der Waals surface area contributed by atoms with Crippen LogP contribution in [0.15, 0.2) is 59.8 Å². The number of nitrogens with zero attached hydrogens (tertiary/aromatic N) is 5. The van der Waals surface area contributed by atoms with E-state index < -0.39 is 5.54 Å². The molecule has 0 saturated carbocycles. The minimum atomic E-state index is -0.451. The Hall–Kier alpha value is -4.25. The Morgan fingerprint density at radius 3 is 2.84 bits per heavy atom. The average molecular weight is 519 g/mol. The number of fused-ring (bicyclic) bond motifs is 1. The summed E-state index contributed by atoms with van der Waals surface area (Å²) in [6.45, 7) is 2.52. The fourth-order valence-corrected chi connectivity index (χ4v) is 4.92. The number of hydrogen-bond acceptors (Lipinski definition) is 10. The lowest BCUT2D eigenvalue weighted by Gasteiger charge is -2.27. The van der Waals surface area contributed by atoms with Gasteiger partial charge in [-0.05, 0) is 31.6 Å². The number of methoxy groups -OCH3 is 3.